The van der Waals surface area contributed by atoms with Crippen LogP contribution < -0.4 is 0 Å². The molecule has 1 aromatic carbocycles. The van der Waals surface area contributed by atoms with E-state index in [1.165, 1.54) is 12.7 Å². The number of hydrogen-bond acceptors (Lipinski definition) is 3. The Morgan fingerprint density at radius 3 is 2.81 bits per heavy atom. The van der Waals surface area contributed by atoms with Crippen LogP contribution in [0.25, 0.3) is 0 Å². The van der Waals surface area contributed by atoms with E-state index in [1.807, 2.05) is 18.2 Å². The second-order valence-electron chi connectivity index (χ2n) is 4.58. The van der Waals surface area contributed by atoms with Crippen molar-refractivity contribution in [2.24, 2.45) is 5.92 Å². The molecule has 1 aromatic rings. The van der Waals surface area contributed by atoms with Crippen LogP contribution in [0.2, 0.25) is 0 Å². The molecule has 0 aromatic heterocycles. The van der Waals surface area contributed by atoms with Crippen LogP contribution in [0.5, 0.6) is 0 Å². The van der Waals surface area contributed by atoms with Gasteiger partial charge in [-0.3, -0.25) is 4.79 Å². The van der Waals surface area contributed by atoms with Gasteiger partial charge in [-0.15, -0.1) is 0 Å². The SMILES string of the molecule is COC(=O)C1C2CC1(c1ccccc1)CO2. The molecule has 2 saturated heterocycles. The summed E-state index contributed by atoms with van der Waals surface area (Å²) in [5.41, 5.74) is 1.07. The Balaban J connectivity index is 1.97. The fourth-order valence-corrected chi connectivity index (χ4v) is 3.01. The number of fused-ring (bicyclic) bond motifs is 1. The molecular formula is C13H14O3. The first-order valence-electron chi connectivity index (χ1n) is 5.53. The lowest BCUT2D eigenvalue weighted by Gasteiger charge is -2.43. The molecule has 16 heavy (non-hydrogen) atoms. The molecular weight excluding hydrogens is 204 g/mol. The summed E-state index contributed by atoms with van der Waals surface area (Å²) in [6.07, 6.45) is 1.00. The highest BCUT2D eigenvalue weighted by Crippen LogP contribution is 2.56. The summed E-state index contributed by atoms with van der Waals surface area (Å²) < 4.78 is 10.5. The topological polar surface area (TPSA) is 35.5 Å². The molecule has 0 N–H and O–H groups in total. The van der Waals surface area contributed by atoms with E-state index in [2.05, 4.69) is 12.1 Å². The van der Waals surface area contributed by atoms with Crippen LogP contribution in [0.4, 0.5) is 0 Å². The lowest BCUT2D eigenvalue weighted by molar-refractivity contribution is -0.154. The van der Waals surface area contributed by atoms with Crippen LogP contribution in [-0.2, 0) is 19.7 Å². The number of hydrogen-bond donors (Lipinski definition) is 0. The molecule has 1 saturated carbocycles. The first kappa shape index (κ1) is 9.85. The molecule has 2 aliphatic heterocycles. The zero-order chi connectivity index (χ0) is 11.2. The van der Waals surface area contributed by atoms with Crippen molar-refractivity contribution in [3.05, 3.63) is 35.9 Å². The van der Waals surface area contributed by atoms with Gasteiger partial charge in [0.2, 0.25) is 0 Å². The molecule has 1 aliphatic carbocycles. The zero-order valence-corrected chi connectivity index (χ0v) is 9.18. The van der Waals surface area contributed by atoms with Gasteiger partial charge in [0.15, 0.2) is 0 Å². The van der Waals surface area contributed by atoms with E-state index in [9.17, 15) is 4.79 Å². The van der Waals surface area contributed by atoms with Gasteiger partial charge in [-0.1, -0.05) is 30.3 Å². The highest BCUT2D eigenvalue weighted by Gasteiger charge is 2.65. The Kier molecular flexibility index (Phi) is 2.04. The minimum absolute atomic E-state index is 0.0626. The maximum Gasteiger partial charge on any atom is 0.312 e. The van der Waals surface area contributed by atoms with E-state index in [0.29, 0.717) is 6.61 Å². The van der Waals surface area contributed by atoms with Crippen molar-refractivity contribution in [2.75, 3.05) is 13.7 Å². The minimum Gasteiger partial charge on any atom is -0.469 e. The van der Waals surface area contributed by atoms with Crippen molar-refractivity contribution in [3.8, 4) is 0 Å². The molecule has 2 bridgehead atoms. The van der Waals surface area contributed by atoms with Crippen molar-refractivity contribution in [1.82, 2.24) is 0 Å². The minimum atomic E-state index is -0.141. The van der Waals surface area contributed by atoms with Gasteiger partial charge >= 0.3 is 5.97 Å². The second-order valence-corrected chi connectivity index (χ2v) is 4.58. The number of methoxy groups -OCH3 is 1. The fraction of sp³-hybridized carbons (Fsp3) is 0.462. The normalized spacial score (nSPS) is 35.6. The molecule has 0 spiro atoms. The molecule has 3 unspecified atom stereocenters. The Hall–Kier alpha value is -1.35. The number of carbonyl (C=O) groups is 1. The van der Waals surface area contributed by atoms with E-state index >= 15 is 0 Å². The average Bonchev–Trinajstić information content (AvgIpc) is 2.89. The highest BCUT2D eigenvalue weighted by atomic mass is 16.5. The number of ether oxygens (including phenoxy) is 2. The molecule has 0 radical (unpaired) electrons. The predicted molar refractivity (Wildman–Crippen MR) is 58.0 cm³/mol. The number of rotatable bonds is 2. The highest BCUT2D eigenvalue weighted by molar-refractivity contribution is 5.78. The third-order valence-electron chi connectivity index (χ3n) is 3.89. The number of carbonyl (C=O) groups excluding carboxylic acids is 1. The first-order valence-corrected chi connectivity index (χ1v) is 5.53. The third-order valence-corrected chi connectivity index (χ3v) is 3.89. The van der Waals surface area contributed by atoms with Gasteiger partial charge in [-0.25, -0.2) is 0 Å². The van der Waals surface area contributed by atoms with Crippen LogP contribution in [0.3, 0.4) is 0 Å². The molecule has 3 heteroatoms. The Morgan fingerprint density at radius 2 is 2.19 bits per heavy atom. The average molecular weight is 218 g/mol. The molecule has 3 aliphatic rings. The lowest BCUT2D eigenvalue weighted by atomic mass is 9.57. The molecule has 3 atom stereocenters. The fourth-order valence-electron chi connectivity index (χ4n) is 3.01. The monoisotopic (exact) mass is 218 g/mol. The zero-order valence-electron chi connectivity index (χ0n) is 9.18. The Labute approximate surface area is 94.4 Å². The van der Waals surface area contributed by atoms with E-state index in [0.717, 1.165) is 6.42 Å². The van der Waals surface area contributed by atoms with Crippen molar-refractivity contribution in [1.29, 1.82) is 0 Å². The number of benzene rings is 1. The summed E-state index contributed by atoms with van der Waals surface area (Å²) in [4.78, 5) is 11.7. The molecule has 4 rings (SSSR count). The molecule has 3 fully saturated rings. The summed E-state index contributed by atoms with van der Waals surface area (Å²) in [6, 6.07) is 10.1. The van der Waals surface area contributed by atoms with E-state index in [-0.39, 0.29) is 23.4 Å². The van der Waals surface area contributed by atoms with Crippen molar-refractivity contribution < 1.29 is 14.3 Å². The third kappa shape index (κ3) is 1.09. The van der Waals surface area contributed by atoms with Gasteiger partial charge in [-0.2, -0.15) is 0 Å². The summed E-state index contributed by atoms with van der Waals surface area (Å²) in [5.74, 6) is -0.252. The molecule has 2 heterocycles. The van der Waals surface area contributed by atoms with Gasteiger partial charge in [0.1, 0.15) is 0 Å². The molecule has 84 valence electrons. The summed E-state index contributed by atoms with van der Waals surface area (Å²) >= 11 is 0. The van der Waals surface area contributed by atoms with Gasteiger partial charge in [0, 0.05) is 5.41 Å². The summed E-state index contributed by atoms with van der Waals surface area (Å²) in [7, 11) is 1.44. The predicted octanol–water partition coefficient (Wildman–Crippen LogP) is 1.52. The maximum absolute atomic E-state index is 11.7. The second kappa shape index (κ2) is 3.32. The lowest BCUT2D eigenvalue weighted by Crippen LogP contribution is -2.52. The Bertz CT molecular complexity index is 410. The maximum atomic E-state index is 11.7. The van der Waals surface area contributed by atoms with E-state index in [4.69, 9.17) is 9.47 Å². The van der Waals surface area contributed by atoms with Crippen LogP contribution in [0, 0.1) is 5.92 Å². The van der Waals surface area contributed by atoms with Gasteiger partial charge in [0.25, 0.3) is 0 Å². The van der Waals surface area contributed by atoms with Crippen LogP contribution >= 0.6 is 0 Å². The smallest absolute Gasteiger partial charge is 0.312 e. The summed E-state index contributed by atoms with van der Waals surface area (Å²) in [5, 5.41) is 0. The first-order chi connectivity index (χ1) is 7.78. The summed E-state index contributed by atoms with van der Waals surface area (Å²) in [6.45, 7) is 0.640. The van der Waals surface area contributed by atoms with E-state index in [1.54, 1.807) is 0 Å². The van der Waals surface area contributed by atoms with Gasteiger partial charge in [0.05, 0.1) is 25.7 Å². The van der Waals surface area contributed by atoms with Crippen molar-refractivity contribution in [3.63, 3.8) is 0 Å². The Morgan fingerprint density at radius 1 is 1.44 bits per heavy atom. The van der Waals surface area contributed by atoms with Gasteiger partial charge in [-0.05, 0) is 12.0 Å². The molecule has 0 amide bonds. The quantitative estimate of drug-likeness (QED) is 0.706. The van der Waals surface area contributed by atoms with Crippen molar-refractivity contribution in [2.45, 2.75) is 17.9 Å². The van der Waals surface area contributed by atoms with Crippen molar-refractivity contribution >= 4 is 5.97 Å². The van der Waals surface area contributed by atoms with E-state index < -0.39 is 0 Å². The largest absolute Gasteiger partial charge is 0.469 e. The number of esters is 1. The van der Waals surface area contributed by atoms with Gasteiger partial charge < -0.3 is 9.47 Å². The van der Waals surface area contributed by atoms with Crippen LogP contribution in [0.1, 0.15) is 12.0 Å². The van der Waals surface area contributed by atoms with Crippen LogP contribution in [-0.4, -0.2) is 25.8 Å². The molecule has 3 nitrogen and oxygen atoms in total. The standard InChI is InChI=1S/C13H14O3/c1-15-12(14)11-10-7-13(11,8-16-10)9-5-3-2-4-6-9/h2-6,10-11H,7-8H2,1H3. The van der Waals surface area contributed by atoms with Crippen LogP contribution in [0.15, 0.2) is 30.3 Å².